The quantitative estimate of drug-likeness (QED) is 0.656. The minimum atomic E-state index is -0.861. The van der Waals surface area contributed by atoms with Gasteiger partial charge in [0.2, 0.25) is 0 Å². The molecular weight excluding hydrogens is 248 g/mol. The third kappa shape index (κ3) is 2.93. The van der Waals surface area contributed by atoms with E-state index in [0.717, 1.165) is 4.90 Å². The Kier molecular flexibility index (Phi) is 3.76. The number of carboxylic acids is 1. The van der Waals surface area contributed by atoms with E-state index in [1.54, 1.807) is 23.9 Å². The third-order valence-corrected chi connectivity index (χ3v) is 3.97. The number of hydrogen-bond acceptors (Lipinski definition) is 3. The molecule has 1 fully saturated rings. The van der Waals surface area contributed by atoms with Gasteiger partial charge in [0.05, 0.1) is 5.92 Å². The van der Waals surface area contributed by atoms with Crippen molar-refractivity contribution >= 4 is 23.5 Å². The molecule has 2 unspecified atom stereocenters. The van der Waals surface area contributed by atoms with Gasteiger partial charge in [0.1, 0.15) is 0 Å². The van der Waals surface area contributed by atoms with Crippen molar-refractivity contribution in [2.45, 2.75) is 30.4 Å². The SMILES string of the molecule is CC(C)Sc1ccc(C(=O)C2CC2C(=O)O)cc1. The number of Topliss-reactive ketones (excluding diaryl/α,β-unsaturated/α-hetero) is 1. The molecule has 2 rings (SSSR count). The molecule has 0 aliphatic heterocycles. The minimum Gasteiger partial charge on any atom is -0.481 e. The maximum atomic E-state index is 12.0. The van der Waals surface area contributed by atoms with Crippen LogP contribution >= 0.6 is 11.8 Å². The summed E-state index contributed by atoms with van der Waals surface area (Å²) in [4.78, 5) is 23.8. The van der Waals surface area contributed by atoms with E-state index in [1.807, 2.05) is 12.1 Å². The highest BCUT2D eigenvalue weighted by Crippen LogP contribution is 2.41. The molecule has 1 saturated carbocycles. The zero-order valence-corrected chi connectivity index (χ0v) is 11.2. The summed E-state index contributed by atoms with van der Waals surface area (Å²) < 4.78 is 0. The zero-order chi connectivity index (χ0) is 13.3. The van der Waals surface area contributed by atoms with Crippen LogP contribution in [-0.4, -0.2) is 22.1 Å². The van der Waals surface area contributed by atoms with Crippen molar-refractivity contribution in [2.75, 3.05) is 0 Å². The van der Waals surface area contributed by atoms with Crippen molar-refractivity contribution in [1.82, 2.24) is 0 Å². The second-order valence-electron chi connectivity index (χ2n) is 4.84. The topological polar surface area (TPSA) is 54.4 Å². The second kappa shape index (κ2) is 5.14. The van der Waals surface area contributed by atoms with E-state index in [9.17, 15) is 9.59 Å². The first-order valence-corrected chi connectivity index (χ1v) is 6.90. The van der Waals surface area contributed by atoms with E-state index in [4.69, 9.17) is 5.11 Å². The fourth-order valence-corrected chi connectivity index (χ4v) is 2.78. The molecule has 1 aromatic carbocycles. The van der Waals surface area contributed by atoms with Gasteiger partial charge in [-0.1, -0.05) is 26.0 Å². The molecule has 1 aliphatic rings. The number of benzene rings is 1. The number of thioether (sulfide) groups is 1. The average molecular weight is 264 g/mol. The largest absolute Gasteiger partial charge is 0.481 e. The highest BCUT2D eigenvalue weighted by Gasteiger charge is 2.48. The van der Waals surface area contributed by atoms with Gasteiger partial charge in [-0.25, -0.2) is 0 Å². The Morgan fingerprint density at radius 1 is 1.22 bits per heavy atom. The van der Waals surface area contributed by atoms with Crippen LogP contribution in [0.4, 0.5) is 0 Å². The normalized spacial score (nSPS) is 21.9. The lowest BCUT2D eigenvalue weighted by atomic mass is 10.1. The molecule has 2 atom stereocenters. The molecule has 3 nitrogen and oxygen atoms in total. The lowest BCUT2D eigenvalue weighted by Gasteiger charge is -2.05. The number of carboxylic acid groups (broad SMARTS) is 1. The second-order valence-corrected chi connectivity index (χ2v) is 6.49. The molecule has 0 amide bonds. The number of ketones is 1. The number of aliphatic carboxylic acids is 1. The Morgan fingerprint density at radius 3 is 2.28 bits per heavy atom. The van der Waals surface area contributed by atoms with Gasteiger partial charge in [-0.3, -0.25) is 9.59 Å². The molecule has 0 heterocycles. The van der Waals surface area contributed by atoms with Gasteiger partial charge in [0.25, 0.3) is 0 Å². The van der Waals surface area contributed by atoms with Crippen LogP contribution in [0.3, 0.4) is 0 Å². The van der Waals surface area contributed by atoms with Crippen LogP contribution in [0, 0.1) is 11.8 Å². The summed E-state index contributed by atoms with van der Waals surface area (Å²) in [5.41, 5.74) is 0.622. The van der Waals surface area contributed by atoms with E-state index in [-0.39, 0.29) is 11.7 Å². The van der Waals surface area contributed by atoms with Gasteiger partial charge in [0, 0.05) is 21.6 Å². The fourth-order valence-electron chi connectivity index (χ4n) is 1.94. The van der Waals surface area contributed by atoms with Crippen LogP contribution in [0.15, 0.2) is 29.2 Å². The van der Waals surface area contributed by atoms with E-state index in [0.29, 0.717) is 17.2 Å². The molecule has 96 valence electrons. The van der Waals surface area contributed by atoms with Crippen LogP contribution in [0.25, 0.3) is 0 Å². The van der Waals surface area contributed by atoms with E-state index in [1.165, 1.54) is 0 Å². The lowest BCUT2D eigenvalue weighted by molar-refractivity contribution is -0.138. The van der Waals surface area contributed by atoms with Crippen molar-refractivity contribution < 1.29 is 14.7 Å². The van der Waals surface area contributed by atoms with Crippen LogP contribution < -0.4 is 0 Å². The fraction of sp³-hybridized carbons (Fsp3) is 0.429. The highest BCUT2D eigenvalue weighted by molar-refractivity contribution is 7.99. The van der Waals surface area contributed by atoms with Gasteiger partial charge >= 0.3 is 5.97 Å². The van der Waals surface area contributed by atoms with Crippen molar-refractivity contribution in [3.05, 3.63) is 29.8 Å². The summed E-state index contributed by atoms with van der Waals surface area (Å²) in [6.07, 6.45) is 0.483. The van der Waals surface area contributed by atoms with Gasteiger partial charge in [-0.2, -0.15) is 0 Å². The standard InChI is InChI=1S/C14H16O3S/c1-8(2)18-10-5-3-9(4-6-10)13(15)11-7-12(11)14(16)17/h3-6,8,11-12H,7H2,1-2H3,(H,16,17). The molecule has 0 radical (unpaired) electrons. The number of carbonyl (C=O) groups excluding carboxylic acids is 1. The van der Waals surface area contributed by atoms with E-state index in [2.05, 4.69) is 13.8 Å². The van der Waals surface area contributed by atoms with Crippen LogP contribution in [-0.2, 0) is 4.79 Å². The lowest BCUT2D eigenvalue weighted by Crippen LogP contribution is -2.08. The maximum absolute atomic E-state index is 12.0. The molecular formula is C14H16O3S. The molecule has 4 heteroatoms. The van der Waals surface area contributed by atoms with Gasteiger partial charge < -0.3 is 5.11 Å². The summed E-state index contributed by atoms with van der Waals surface area (Å²) in [7, 11) is 0. The molecule has 1 aromatic rings. The summed E-state index contributed by atoms with van der Waals surface area (Å²) in [5.74, 6) is -1.68. The Morgan fingerprint density at radius 2 is 1.83 bits per heavy atom. The molecule has 18 heavy (non-hydrogen) atoms. The van der Waals surface area contributed by atoms with Crippen LogP contribution in [0.1, 0.15) is 30.6 Å². The molecule has 0 bridgehead atoms. The van der Waals surface area contributed by atoms with Crippen LogP contribution in [0.2, 0.25) is 0 Å². The maximum Gasteiger partial charge on any atom is 0.307 e. The third-order valence-electron chi connectivity index (χ3n) is 2.96. The van der Waals surface area contributed by atoms with Gasteiger partial charge in [-0.05, 0) is 18.6 Å². The molecule has 1 aliphatic carbocycles. The Labute approximate surface area is 111 Å². The Balaban J connectivity index is 2.02. The van der Waals surface area contributed by atoms with Crippen LogP contribution in [0.5, 0.6) is 0 Å². The van der Waals surface area contributed by atoms with E-state index >= 15 is 0 Å². The monoisotopic (exact) mass is 264 g/mol. The zero-order valence-electron chi connectivity index (χ0n) is 10.4. The van der Waals surface area contributed by atoms with Crippen molar-refractivity contribution in [3.8, 4) is 0 Å². The summed E-state index contributed by atoms with van der Waals surface area (Å²) in [6, 6.07) is 7.45. The van der Waals surface area contributed by atoms with Crippen molar-refractivity contribution in [3.63, 3.8) is 0 Å². The minimum absolute atomic E-state index is 0.0384. The highest BCUT2D eigenvalue weighted by atomic mass is 32.2. The molecule has 0 saturated heterocycles. The summed E-state index contributed by atoms with van der Waals surface area (Å²) >= 11 is 1.74. The number of carbonyl (C=O) groups is 2. The molecule has 1 N–H and O–H groups in total. The van der Waals surface area contributed by atoms with Gasteiger partial charge in [-0.15, -0.1) is 11.8 Å². The first-order chi connectivity index (χ1) is 8.49. The van der Waals surface area contributed by atoms with E-state index < -0.39 is 11.9 Å². The first-order valence-electron chi connectivity index (χ1n) is 6.02. The molecule has 0 spiro atoms. The predicted molar refractivity (Wildman–Crippen MR) is 71.0 cm³/mol. The summed E-state index contributed by atoms with van der Waals surface area (Å²) in [6.45, 7) is 4.23. The number of hydrogen-bond donors (Lipinski definition) is 1. The van der Waals surface area contributed by atoms with Gasteiger partial charge in [0.15, 0.2) is 5.78 Å². The Bertz CT molecular complexity index is 464. The predicted octanol–water partition coefficient (Wildman–Crippen LogP) is 3.09. The van der Waals surface area contributed by atoms with Crippen molar-refractivity contribution in [2.24, 2.45) is 11.8 Å². The number of rotatable bonds is 5. The Hall–Kier alpha value is -1.29. The smallest absolute Gasteiger partial charge is 0.307 e. The molecule has 0 aromatic heterocycles. The first kappa shape index (κ1) is 13.1. The average Bonchev–Trinajstić information content (AvgIpc) is 3.08. The summed E-state index contributed by atoms with van der Waals surface area (Å²) in [5, 5.41) is 9.31. The van der Waals surface area contributed by atoms with Crippen molar-refractivity contribution in [1.29, 1.82) is 0 Å².